The van der Waals surface area contributed by atoms with E-state index in [2.05, 4.69) is 43.5 Å². The van der Waals surface area contributed by atoms with E-state index in [1.165, 1.54) is 257 Å². The molecule has 0 radical (unpaired) electrons. The fraction of sp³-hybridized carbons (Fsp3) is 0.915. The molecule has 0 aromatic rings. The summed E-state index contributed by atoms with van der Waals surface area (Å²) < 4.78 is 0. The minimum atomic E-state index is -0.751. The van der Waals surface area contributed by atoms with Crippen molar-refractivity contribution in [1.82, 2.24) is 5.32 Å². The molecule has 4 N–H and O–H groups in total. The van der Waals surface area contributed by atoms with Crippen molar-refractivity contribution < 1.29 is 20.1 Å². The Morgan fingerprint density at radius 2 is 0.672 bits per heavy atom. The van der Waals surface area contributed by atoms with E-state index >= 15 is 0 Å². The second-order valence-electron chi connectivity index (χ2n) is 20.3. The van der Waals surface area contributed by atoms with Gasteiger partial charge >= 0.3 is 0 Å². The van der Waals surface area contributed by atoms with Crippen LogP contribution in [0.1, 0.15) is 322 Å². The molecule has 0 saturated heterocycles. The number of hydrogen-bond donors (Lipinski definition) is 4. The first-order valence-corrected chi connectivity index (χ1v) is 29.1. The first kappa shape index (κ1) is 62.8. The molecule has 0 aromatic heterocycles. The Bertz CT molecular complexity index is 951. The molecular formula is C59H115NO4. The molecular weight excluding hydrogens is 787 g/mol. The van der Waals surface area contributed by atoms with E-state index in [0.29, 0.717) is 12.8 Å². The van der Waals surface area contributed by atoms with E-state index in [0.717, 1.165) is 32.1 Å². The highest BCUT2D eigenvalue weighted by Gasteiger charge is 2.21. The van der Waals surface area contributed by atoms with Gasteiger partial charge < -0.3 is 20.6 Å². The summed E-state index contributed by atoms with van der Waals surface area (Å²) in [6.07, 6.45) is 69.1. The lowest BCUT2D eigenvalue weighted by atomic mass is 10.0. The molecule has 0 spiro atoms. The van der Waals surface area contributed by atoms with Crippen molar-refractivity contribution in [2.75, 3.05) is 6.61 Å². The second-order valence-corrected chi connectivity index (χ2v) is 20.3. The summed E-state index contributed by atoms with van der Waals surface area (Å²) in [6, 6.07) is -0.660. The Hall–Kier alpha value is -1.17. The zero-order valence-electron chi connectivity index (χ0n) is 43.4. The average Bonchev–Trinajstić information content (AvgIpc) is 3.29. The highest BCUT2D eigenvalue weighted by atomic mass is 16.3. The van der Waals surface area contributed by atoms with E-state index in [9.17, 15) is 20.1 Å². The van der Waals surface area contributed by atoms with Crippen molar-refractivity contribution in [1.29, 1.82) is 0 Å². The maximum atomic E-state index is 12.6. The summed E-state index contributed by atoms with van der Waals surface area (Å²) in [4.78, 5) is 12.6. The Morgan fingerprint density at radius 1 is 0.391 bits per heavy atom. The number of rotatable bonds is 54. The van der Waals surface area contributed by atoms with Gasteiger partial charge in [-0.15, -0.1) is 0 Å². The molecule has 5 nitrogen and oxygen atoms in total. The zero-order chi connectivity index (χ0) is 46.5. The fourth-order valence-electron chi connectivity index (χ4n) is 9.32. The Labute approximate surface area is 401 Å². The maximum Gasteiger partial charge on any atom is 0.222 e. The van der Waals surface area contributed by atoms with Gasteiger partial charge in [-0.1, -0.05) is 295 Å². The number of carbonyl (C=O) groups excluding carboxylic acids is 1. The summed E-state index contributed by atoms with van der Waals surface area (Å²) >= 11 is 0. The number of carbonyl (C=O) groups is 1. The summed E-state index contributed by atoms with van der Waals surface area (Å²) in [5.41, 5.74) is 0. The van der Waals surface area contributed by atoms with Gasteiger partial charge in [-0.25, -0.2) is 0 Å². The number of hydrogen-bond acceptors (Lipinski definition) is 4. The molecule has 0 rings (SSSR count). The molecule has 3 unspecified atom stereocenters. The lowest BCUT2D eigenvalue weighted by Gasteiger charge is -2.23. The monoisotopic (exact) mass is 902 g/mol. The predicted octanol–water partition coefficient (Wildman–Crippen LogP) is 18.1. The van der Waals surface area contributed by atoms with Crippen LogP contribution in [0.25, 0.3) is 0 Å². The van der Waals surface area contributed by atoms with Crippen LogP contribution < -0.4 is 5.32 Å². The molecule has 0 fully saturated rings. The summed E-state index contributed by atoms with van der Waals surface area (Å²) in [5.74, 6) is -0.280. The second kappa shape index (κ2) is 54.4. The van der Waals surface area contributed by atoms with Gasteiger partial charge in [0.2, 0.25) is 5.91 Å². The van der Waals surface area contributed by atoms with Gasteiger partial charge in [0, 0.05) is 0 Å². The SMILES string of the molecule is CCCCCCCCCCC/C=C\C/C=C\CCCCCCCCCCCC(O)CC(=O)NC(CO)C(O)CCCCCCCCCCCCCCCCCCCCCCCCCC. The van der Waals surface area contributed by atoms with Gasteiger partial charge in [-0.05, 0) is 44.9 Å². The third-order valence-corrected chi connectivity index (χ3v) is 13.8. The number of aliphatic hydroxyl groups is 3. The van der Waals surface area contributed by atoms with E-state index < -0.39 is 18.2 Å². The highest BCUT2D eigenvalue weighted by molar-refractivity contribution is 5.76. The molecule has 0 aliphatic heterocycles. The third kappa shape index (κ3) is 50.2. The molecule has 380 valence electrons. The molecule has 1 amide bonds. The smallest absolute Gasteiger partial charge is 0.222 e. The molecule has 5 heteroatoms. The molecule has 0 aliphatic rings. The van der Waals surface area contributed by atoms with Crippen molar-refractivity contribution in [2.24, 2.45) is 0 Å². The third-order valence-electron chi connectivity index (χ3n) is 13.8. The summed E-state index contributed by atoms with van der Waals surface area (Å²) in [7, 11) is 0. The Kier molecular flexibility index (Phi) is 53.4. The molecule has 0 aromatic carbocycles. The van der Waals surface area contributed by atoms with Crippen LogP contribution in [-0.4, -0.2) is 46.1 Å². The maximum absolute atomic E-state index is 12.6. The van der Waals surface area contributed by atoms with Gasteiger partial charge in [-0.3, -0.25) is 4.79 Å². The van der Waals surface area contributed by atoms with Crippen molar-refractivity contribution in [3.8, 4) is 0 Å². The largest absolute Gasteiger partial charge is 0.394 e. The van der Waals surface area contributed by atoms with E-state index in [-0.39, 0.29) is 18.9 Å². The van der Waals surface area contributed by atoms with Gasteiger partial charge in [0.15, 0.2) is 0 Å². The van der Waals surface area contributed by atoms with Gasteiger partial charge in [0.25, 0.3) is 0 Å². The van der Waals surface area contributed by atoms with Crippen LogP contribution in [0.4, 0.5) is 0 Å². The van der Waals surface area contributed by atoms with Crippen molar-refractivity contribution >= 4 is 5.91 Å². The average molecular weight is 903 g/mol. The molecule has 0 saturated carbocycles. The first-order valence-electron chi connectivity index (χ1n) is 29.1. The quantitative estimate of drug-likeness (QED) is 0.0362. The molecule has 64 heavy (non-hydrogen) atoms. The number of aliphatic hydroxyl groups excluding tert-OH is 3. The van der Waals surface area contributed by atoms with Crippen molar-refractivity contribution in [3.05, 3.63) is 24.3 Å². The fourth-order valence-corrected chi connectivity index (χ4v) is 9.32. The van der Waals surface area contributed by atoms with Crippen LogP contribution >= 0.6 is 0 Å². The van der Waals surface area contributed by atoms with E-state index in [1.807, 2.05) is 0 Å². The van der Waals surface area contributed by atoms with E-state index in [4.69, 9.17) is 0 Å². The normalized spacial score (nSPS) is 13.4. The molecule has 0 bridgehead atoms. The standard InChI is InChI=1S/C59H115NO4/c1-3-5-7-9-11-13-15-17-19-21-23-25-27-29-30-32-34-36-38-40-42-44-46-48-50-52-56(62)54-59(64)60-57(55-61)58(63)53-51-49-47-45-43-41-39-37-35-33-31-28-26-24-22-20-18-16-14-12-10-8-6-4-2/h23,25,29-30,56-58,61-63H,3-22,24,26-28,31-55H2,1-2H3,(H,60,64)/b25-23-,30-29-. The van der Waals surface area contributed by atoms with E-state index in [1.54, 1.807) is 0 Å². The number of unbranched alkanes of at least 4 members (excludes halogenated alkanes) is 41. The van der Waals surface area contributed by atoms with Crippen LogP contribution in [0, 0.1) is 0 Å². The number of allylic oxidation sites excluding steroid dienone is 4. The number of amides is 1. The summed E-state index contributed by atoms with van der Waals surface area (Å²) in [6.45, 7) is 4.30. The minimum absolute atomic E-state index is 0.0357. The van der Waals surface area contributed by atoms with Crippen LogP contribution in [0.2, 0.25) is 0 Å². The van der Waals surface area contributed by atoms with Crippen LogP contribution in [0.15, 0.2) is 24.3 Å². The van der Waals surface area contributed by atoms with Crippen LogP contribution in [0.3, 0.4) is 0 Å². The minimum Gasteiger partial charge on any atom is -0.394 e. The Balaban J connectivity index is 3.53. The zero-order valence-corrected chi connectivity index (χ0v) is 43.4. The molecule has 3 atom stereocenters. The van der Waals surface area contributed by atoms with Crippen LogP contribution in [-0.2, 0) is 4.79 Å². The van der Waals surface area contributed by atoms with Crippen molar-refractivity contribution in [3.63, 3.8) is 0 Å². The predicted molar refractivity (Wildman–Crippen MR) is 282 cm³/mol. The van der Waals surface area contributed by atoms with Crippen LogP contribution in [0.5, 0.6) is 0 Å². The topological polar surface area (TPSA) is 89.8 Å². The summed E-state index contributed by atoms with van der Waals surface area (Å²) in [5, 5.41) is 33.7. The van der Waals surface area contributed by atoms with Gasteiger partial charge in [0.05, 0.1) is 31.3 Å². The highest BCUT2D eigenvalue weighted by Crippen LogP contribution is 2.18. The molecule has 0 aliphatic carbocycles. The first-order chi connectivity index (χ1) is 31.5. The van der Waals surface area contributed by atoms with Crippen molar-refractivity contribution in [2.45, 2.75) is 340 Å². The lowest BCUT2D eigenvalue weighted by Crippen LogP contribution is -2.46. The van der Waals surface area contributed by atoms with Gasteiger partial charge in [-0.2, -0.15) is 0 Å². The number of nitrogens with one attached hydrogen (secondary N) is 1. The van der Waals surface area contributed by atoms with Gasteiger partial charge in [0.1, 0.15) is 0 Å². The lowest BCUT2D eigenvalue weighted by molar-refractivity contribution is -0.125. The molecule has 0 heterocycles. The Morgan fingerprint density at radius 3 is 0.984 bits per heavy atom.